The molecule has 7 heteroatoms. The van der Waals surface area contributed by atoms with Crippen molar-refractivity contribution in [2.24, 2.45) is 5.92 Å². The van der Waals surface area contributed by atoms with Crippen molar-refractivity contribution >= 4 is 5.95 Å². The lowest BCUT2D eigenvalue weighted by molar-refractivity contribution is -0.141. The number of halogens is 3. The van der Waals surface area contributed by atoms with Crippen LogP contribution in [0.1, 0.15) is 31.4 Å². The minimum Gasteiger partial charge on any atom is -0.477 e. The van der Waals surface area contributed by atoms with Crippen molar-refractivity contribution in [2.75, 3.05) is 19.0 Å². The third kappa shape index (κ3) is 3.71. The van der Waals surface area contributed by atoms with E-state index in [0.717, 1.165) is 31.7 Å². The second-order valence-corrected chi connectivity index (χ2v) is 4.62. The van der Waals surface area contributed by atoms with Gasteiger partial charge in [-0.1, -0.05) is 12.8 Å². The Balaban J connectivity index is 2.10. The highest BCUT2D eigenvalue weighted by Crippen LogP contribution is 2.31. The highest BCUT2D eigenvalue weighted by atomic mass is 19.4. The van der Waals surface area contributed by atoms with Gasteiger partial charge in [0.05, 0.1) is 6.61 Å². The van der Waals surface area contributed by atoms with E-state index in [-0.39, 0.29) is 11.8 Å². The Bertz CT molecular complexity index is 431. The molecule has 0 spiro atoms. The summed E-state index contributed by atoms with van der Waals surface area (Å²) in [5, 5.41) is 2.51. The van der Waals surface area contributed by atoms with Gasteiger partial charge in [-0.25, -0.2) is 4.98 Å². The molecule has 0 aliphatic heterocycles. The second kappa shape index (κ2) is 5.63. The highest BCUT2D eigenvalue weighted by molar-refractivity contribution is 5.31. The lowest BCUT2D eigenvalue weighted by Gasteiger charge is -2.13. The summed E-state index contributed by atoms with van der Waals surface area (Å²) < 4.78 is 43.3. The lowest BCUT2D eigenvalue weighted by Crippen LogP contribution is -2.14. The van der Waals surface area contributed by atoms with Gasteiger partial charge in [-0.05, 0) is 18.8 Å². The van der Waals surface area contributed by atoms with Gasteiger partial charge in [-0.2, -0.15) is 18.2 Å². The molecule has 0 bridgehead atoms. The molecule has 0 atom stereocenters. The molecule has 1 saturated carbocycles. The summed E-state index contributed by atoms with van der Waals surface area (Å²) in [5.74, 6) is 0.303. The number of hydrogen-bond donors (Lipinski definition) is 1. The third-order valence-corrected chi connectivity index (χ3v) is 3.16. The quantitative estimate of drug-likeness (QED) is 0.917. The molecule has 1 heterocycles. The van der Waals surface area contributed by atoms with Gasteiger partial charge >= 0.3 is 6.18 Å². The highest BCUT2D eigenvalue weighted by Gasteiger charge is 2.34. The first-order valence-corrected chi connectivity index (χ1v) is 6.26. The molecule has 0 radical (unpaired) electrons. The number of alkyl halides is 3. The molecule has 0 amide bonds. The monoisotopic (exact) mass is 275 g/mol. The fraction of sp³-hybridized carbons (Fsp3) is 0.667. The van der Waals surface area contributed by atoms with E-state index in [0.29, 0.717) is 12.5 Å². The molecule has 19 heavy (non-hydrogen) atoms. The van der Waals surface area contributed by atoms with Crippen LogP contribution in [0, 0.1) is 5.92 Å². The van der Waals surface area contributed by atoms with E-state index in [1.165, 1.54) is 7.05 Å². The van der Waals surface area contributed by atoms with Crippen molar-refractivity contribution in [3.8, 4) is 5.88 Å². The summed E-state index contributed by atoms with van der Waals surface area (Å²) in [6.45, 7) is 0.414. The molecule has 1 aromatic rings. The maximum absolute atomic E-state index is 12.7. The van der Waals surface area contributed by atoms with E-state index < -0.39 is 11.9 Å². The number of anilines is 1. The molecular formula is C12H16F3N3O. The van der Waals surface area contributed by atoms with Gasteiger partial charge in [0.25, 0.3) is 0 Å². The van der Waals surface area contributed by atoms with Gasteiger partial charge in [-0.3, -0.25) is 0 Å². The van der Waals surface area contributed by atoms with Crippen molar-refractivity contribution in [2.45, 2.75) is 31.9 Å². The molecule has 1 N–H and O–H groups in total. The van der Waals surface area contributed by atoms with Crippen LogP contribution in [0.2, 0.25) is 0 Å². The lowest BCUT2D eigenvalue weighted by atomic mass is 10.1. The minimum atomic E-state index is -4.50. The first kappa shape index (κ1) is 13.9. The van der Waals surface area contributed by atoms with Crippen LogP contribution < -0.4 is 10.1 Å². The SMILES string of the molecule is CNc1nc(OCC2CCCC2)cc(C(F)(F)F)n1. The maximum Gasteiger partial charge on any atom is 0.433 e. The normalized spacial score (nSPS) is 16.6. The number of nitrogens with zero attached hydrogens (tertiary/aromatic N) is 2. The molecule has 4 nitrogen and oxygen atoms in total. The van der Waals surface area contributed by atoms with Crippen LogP contribution >= 0.6 is 0 Å². The number of nitrogens with one attached hydrogen (secondary N) is 1. The molecule has 0 unspecified atom stereocenters. The van der Waals surface area contributed by atoms with Crippen LogP contribution in [0.3, 0.4) is 0 Å². The first-order chi connectivity index (χ1) is 8.99. The standard InChI is InChI=1S/C12H16F3N3O/c1-16-11-17-9(12(13,14)15)6-10(18-11)19-7-8-4-2-3-5-8/h6,8H,2-5,7H2,1H3,(H,16,17,18). The number of hydrogen-bond acceptors (Lipinski definition) is 4. The molecule has 2 rings (SSSR count). The first-order valence-electron chi connectivity index (χ1n) is 6.26. The predicted molar refractivity (Wildman–Crippen MR) is 64.0 cm³/mol. The van der Waals surface area contributed by atoms with E-state index in [1.54, 1.807) is 0 Å². The summed E-state index contributed by atoms with van der Waals surface area (Å²) in [5.41, 5.74) is -0.992. The van der Waals surface area contributed by atoms with E-state index in [1.807, 2.05) is 0 Å². The Hall–Kier alpha value is -1.53. The van der Waals surface area contributed by atoms with Gasteiger partial charge in [0, 0.05) is 13.1 Å². The summed E-state index contributed by atoms with van der Waals surface area (Å²) in [6, 6.07) is 0.843. The Kier molecular flexibility index (Phi) is 4.11. The molecule has 1 aliphatic rings. The molecule has 0 saturated heterocycles. The van der Waals surface area contributed by atoms with Crippen LogP contribution in [-0.2, 0) is 6.18 Å². The molecular weight excluding hydrogens is 259 g/mol. The molecule has 0 aromatic carbocycles. The van der Waals surface area contributed by atoms with Crippen molar-refractivity contribution in [3.05, 3.63) is 11.8 Å². The summed E-state index contributed by atoms with van der Waals surface area (Å²) in [7, 11) is 1.47. The average Bonchev–Trinajstić information content (AvgIpc) is 2.88. The molecule has 106 valence electrons. The van der Waals surface area contributed by atoms with Crippen LogP contribution in [0.25, 0.3) is 0 Å². The van der Waals surface area contributed by atoms with Gasteiger partial charge in [-0.15, -0.1) is 0 Å². The minimum absolute atomic E-state index is 0.0291. The Morgan fingerprint density at radius 1 is 1.32 bits per heavy atom. The maximum atomic E-state index is 12.7. The van der Waals surface area contributed by atoms with Gasteiger partial charge in [0.2, 0.25) is 11.8 Å². The zero-order valence-electron chi connectivity index (χ0n) is 10.6. The van der Waals surface area contributed by atoms with Crippen LogP contribution in [0.5, 0.6) is 5.88 Å². The van der Waals surface area contributed by atoms with E-state index in [9.17, 15) is 13.2 Å². The molecule has 1 aromatic heterocycles. The van der Waals surface area contributed by atoms with E-state index in [4.69, 9.17) is 4.74 Å². The smallest absolute Gasteiger partial charge is 0.433 e. The van der Waals surface area contributed by atoms with Crippen molar-refractivity contribution in [1.82, 2.24) is 9.97 Å². The molecule has 1 fully saturated rings. The topological polar surface area (TPSA) is 47.0 Å². The van der Waals surface area contributed by atoms with Crippen molar-refractivity contribution in [1.29, 1.82) is 0 Å². The van der Waals surface area contributed by atoms with Gasteiger partial charge in [0.15, 0.2) is 5.69 Å². The van der Waals surface area contributed by atoms with E-state index >= 15 is 0 Å². The average molecular weight is 275 g/mol. The van der Waals surface area contributed by atoms with Crippen LogP contribution in [-0.4, -0.2) is 23.6 Å². The predicted octanol–water partition coefficient (Wildman–Crippen LogP) is 3.11. The fourth-order valence-electron chi connectivity index (χ4n) is 2.14. The summed E-state index contributed by atoms with van der Waals surface area (Å²) in [6.07, 6.45) is -0.0487. The van der Waals surface area contributed by atoms with Crippen LogP contribution in [0.15, 0.2) is 6.07 Å². The number of rotatable bonds is 4. The Morgan fingerprint density at radius 3 is 2.58 bits per heavy atom. The summed E-state index contributed by atoms with van der Waals surface area (Å²) in [4.78, 5) is 7.26. The number of ether oxygens (including phenoxy) is 1. The van der Waals surface area contributed by atoms with Crippen molar-refractivity contribution < 1.29 is 17.9 Å². The van der Waals surface area contributed by atoms with Gasteiger partial charge < -0.3 is 10.1 Å². The fourth-order valence-corrected chi connectivity index (χ4v) is 2.14. The van der Waals surface area contributed by atoms with Crippen molar-refractivity contribution in [3.63, 3.8) is 0 Å². The zero-order valence-corrected chi connectivity index (χ0v) is 10.6. The number of aromatic nitrogens is 2. The third-order valence-electron chi connectivity index (χ3n) is 3.16. The Morgan fingerprint density at radius 2 is 2.00 bits per heavy atom. The van der Waals surface area contributed by atoms with E-state index in [2.05, 4.69) is 15.3 Å². The largest absolute Gasteiger partial charge is 0.477 e. The molecule has 1 aliphatic carbocycles. The Labute approximate surface area is 109 Å². The second-order valence-electron chi connectivity index (χ2n) is 4.62. The van der Waals surface area contributed by atoms with Gasteiger partial charge in [0.1, 0.15) is 0 Å². The summed E-state index contributed by atoms with van der Waals surface area (Å²) >= 11 is 0. The van der Waals surface area contributed by atoms with Crippen LogP contribution in [0.4, 0.5) is 19.1 Å². The zero-order chi connectivity index (χ0) is 13.9.